The number of benzene rings is 1. The van der Waals surface area contributed by atoms with Crippen molar-refractivity contribution in [1.29, 1.82) is 0 Å². The molecule has 0 N–H and O–H groups in total. The molecule has 31 heavy (non-hydrogen) atoms. The van der Waals surface area contributed by atoms with Gasteiger partial charge in [-0.15, -0.1) is 0 Å². The summed E-state index contributed by atoms with van der Waals surface area (Å²) in [5.74, 6) is 2.62. The number of halogens is 1. The average Bonchev–Trinajstić information content (AvgIpc) is 3.57. The van der Waals surface area contributed by atoms with Gasteiger partial charge in [0.05, 0.1) is 18.1 Å². The SMILES string of the molecule is O=C(c1cc(-c2ccco2)n(-c2cccc(Cl)c2)n1)N(CC1CCCO1)C1CCSC1. The minimum Gasteiger partial charge on any atom is -0.463 e. The van der Waals surface area contributed by atoms with E-state index in [0.717, 1.165) is 43.1 Å². The van der Waals surface area contributed by atoms with Gasteiger partial charge < -0.3 is 14.1 Å². The minimum atomic E-state index is -0.0587. The lowest BCUT2D eigenvalue weighted by molar-refractivity contribution is 0.0437. The second-order valence-electron chi connectivity index (χ2n) is 7.89. The van der Waals surface area contributed by atoms with Crippen LogP contribution < -0.4 is 0 Å². The van der Waals surface area contributed by atoms with Crippen molar-refractivity contribution in [3.8, 4) is 17.1 Å². The van der Waals surface area contributed by atoms with E-state index in [2.05, 4.69) is 0 Å². The third-order valence-electron chi connectivity index (χ3n) is 5.79. The first-order chi connectivity index (χ1) is 15.2. The molecular formula is C23H24ClN3O3S. The molecule has 0 radical (unpaired) electrons. The van der Waals surface area contributed by atoms with Crippen molar-refractivity contribution < 1.29 is 13.9 Å². The highest BCUT2D eigenvalue weighted by atomic mass is 35.5. The van der Waals surface area contributed by atoms with Crippen LogP contribution in [0.3, 0.4) is 0 Å². The molecule has 0 saturated carbocycles. The summed E-state index contributed by atoms with van der Waals surface area (Å²) in [7, 11) is 0. The van der Waals surface area contributed by atoms with Crippen LogP contribution in [0, 0.1) is 0 Å². The van der Waals surface area contributed by atoms with E-state index in [9.17, 15) is 4.79 Å². The van der Waals surface area contributed by atoms with E-state index < -0.39 is 0 Å². The van der Waals surface area contributed by atoms with Crippen molar-refractivity contribution >= 4 is 29.3 Å². The molecule has 0 bridgehead atoms. The van der Waals surface area contributed by atoms with E-state index in [4.69, 9.17) is 25.9 Å². The molecule has 2 fully saturated rings. The number of furan rings is 1. The van der Waals surface area contributed by atoms with Gasteiger partial charge in [-0.05, 0) is 55.3 Å². The lowest BCUT2D eigenvalue weighted by Crippen LogP contribution is -2.44. The zero-order chi connectivity index (χ0) is 21.2. The van der Waals surface area contributed by atoms with Crippen molar-refractivity contribution in [2.24, 2.45) is 0 Å². The number of hydrogen-bond donors (Lipinski definition) is 0. The molecular weight excluding hydrogens is 434 g/mol. The zero-order valence-electron chi connectivity index (χ0n) is 17.1. The Hall–Kier alpha value is -2.22. The summed E-state index contributed by atoms with van der Waals surface area (Å²) in [6.07, 6.45) is 4.78. The maximum absolute atomic E-state index is 13.7. The Kier molecular flexibility index (Phi) is 6.07. The van der Waals surface area contributed by atoms with Crippen LogP contribution in [0.5, 0.6) is 0 Å². The number of ether oxygens (including phenoxy) is 1. The molecule has 3 aromatic rings. The predicted octanol–water partition coefficient (Wildman–Crippen LogP) is 4.91. The summed E-state index contributed by atoms with van der Waals surface area (Å²) < 4.78 is 13.2. The van der Waals surface area contributed by atoms with Gasteiger partial charge in [-0.25, -0.2) is 4.68 Å². The zero-order valence-corrected chi connectivity index (χ0v) is 18.6. The first kappa shape index (κ1) is 20.7. The first-order valence-corrected chi connectivity index (χ1v) is 12.1. The molecule has 2 atom stereocenters. The maximum Gasteiger partial charge on any atom is 0.274 e. The standard InChI is InChI=1S/C23H24ClN3O3S/c24-16-4-1-5-17(12-16)27-21(22-7-3-10-30-22)13-20(25-27)23(28)26(18-8-11-31-15-18)14-19-6-2-9-29-19/h1,3-5,7,10,12-13,18-19H,2,6,8-9,11,14-15H2. The van der Waals surface area contributed by atoms with Gasteiger partial charge in [0.15, 0.2) is 11.5 Å². The number of carbonyl (C=O) groups is 1. The van der Waals surface area contributed by atoms with Crippen LogP contribution in [0.4, 0.5) is 0 Å². The third-order valence-corrected chi connectivity index (χ3v) is 7.17. The van der Waals surface area contributed by atoms with E-state index in [1.165, 1.54) is 0 Å². The van der Waals surface area contributed by atoms with Crippen LogP contribution in [0.1, 0.15) is 29.8 Å². The van der Waals surface area contributed by atoms with Gasteiger partial charge in [0, 0.05) is 36.0 Å². The smallest absolute Gasteiger partial charge is 0.274 e. The number of hydrogen-bond acceptors (Lipinski definition) is 5. The highest BCUT2D eigenvalue weighted by Crippen LogP contribution is 2.29. The molecule has 2 aliphatic rings. The summed E-state index contributed by atoms with van der Waals surface area (Å²) in [6, 6.07) is 13.1. The summed E-state index contributed by atoms with van der Waals surface area (Å²) >= 11 is 8.11. The lowest BCUT2D eigenvalue weighted by Gasteiger charge is -2.30. The molecule has 1 aromatic carbocycles. The van der Waals surface area contributed by atoms with Gasteiger partial charge in [0.1, 0.15) is 5.69 Å². The Bertz CT molecular complexity index is 1040. The molecule has 5 rings (SSSR count). The summed E-state index contributed by atoms with van der Waals surface area (Å²) in [5.41, 5.74) is 1.90. The molecule has 2 aromatic heterocycles. The van der Waals surface area contributed by atoms with Crippen LogP contribution >= 0.6 is 23.4 Å². The Morgan fingerprint density at radius 3 is 2.90 bits per heavy atom. The van der Waals surface area contributed by atoms with Gasteiger partial charge in [0.25, 0.3) is 5.91 Å². The van der Waals surface area contributed by atoms with E-state index in [0.29, 0.717) is 28.7 Å². The molecule has 0 aliphatic carbocycles. The van der Waals surface area contributed by atoms with Crippen LogP contribution in [-0.2, 0) is 4.74 Å². The molecule has 162 valence electrons. The molecule has 1 amide bonds. The van der Waals surface area contributed by atoms with Crippen molar-refractivity contribution in [1.82, 2.24) is 14.7 Å². The Labute approximate surface area is 190 Å². The fraction of sp³-hybridized carbons (Fsp3) is 0.391. The van der Waals surface area contributed by atoms with Crippen molar-refractivity contribution in [3.63, 3.8) is 0 Å². The highest BCUT2D eigenvalue weighted by molar-refractivity contribution is 7.99. The fourth-order valence-electron chi connectivity index (χ4n) is 4.21. The third kappa shape index (κ3) is 4.40. The number of amides is 1. The average molecular weight is 458 g/mol. The van der Waals surface area contributed by atoms with Crippen molar-refractivity contribution in [2.45, 2.75) is 31.4 Å². The molecule has 2 unspecified atom stereocenters. The number of rotatable bonds is 6. The molecule has 6 nitrogen and oxygen atoms in total. The van der Waals surface area contributed by atoms with Gasteiger partial charge >= 0.3 is 0 Å². The summed E-state index contributed by atoms with van der Waals surface area (Å²) in [6.45, 7) is 1.39. The van der Waals surface area contributed by atoms with Crippen LogP contribution in [-0.4, -0.2) is 57.4 Å². The molecule has 0 spiro atoms. The molecule has 2 aliphatic heterocycles. The topological polar surface area (TPSA) is 60.5 Å². The van der Waals surface area contributed by atoms with Crippen LogP contribution in [0.25, 0.3) is 17.1 Å². The summed E-state index contributed by atoms with van der Waals surface area (Å²) in [4.78, 5) is 15.7. The molecule has 4 heterocycles. The fourth-order valence-corrected chi connectivity index (χ4v) is 5.62. The van der Waals surface area contributed by atoms with Gasteiger partial charge in [0.2, 0.25) is 0 Å². The lowest BCUT2D eigenvalue weighted by atomic mass is 10.1. The monoisotopic (exact) mass is 457 g/mol. The minimum absolute atomic E-state index is 0.0587. The quantitative estimate of drug-likeness (QED) is 0.526. The van der Waals surface area contributed by atoms with E-state index in [-0.39, 0.29) is 18.1 Å². The van der Waals surface area contributed by atoms with Crippen molar-refractivity contribution in [3.05, 3.63) is 59.4 Å². The normalized spacial score (nSPS) is 20.9. The van der Waals surface area contributed by atoms with E-state index >= 15 is 0 Å². The van der Waals surface area contributed by atoms with E-state index in [1.54, 1.807) is 10.9 Å². The second-order valence-corrected chi connectivity index (χ2v) is 9.48. The molecule has 2 saturated heterocycles. The molecule has 8 heteroatoms. The highest BCUT2D eigenvalue weighted by Gasteiger charge is 2.33. The number of thioether (sulfide) groups is 1. The first-order valence-electron chi connectivity index (χ1n) is 10.6. The number of aromatic nitrogens is 2. The summed E-state index contributed by atoms with van der Waals surface area (Å²) in [5, 5.41) is 5.31. The second kappa shape index (κ2) is 9.10. The van der Waals surface area contributed by atoms with Gasteiger partial charge in [-0.1, -0.05) is 17.7 Å². The van der Waals surface area contributed by atoms with Crippen molar-refractivity contribution in [2.75, 3.05) is 24.7 Å². The van der Waals surface area contributed by atoms with Crippen LogP contribution in [0.2, 0.25) is 5.02 Å². The number of carbonyl (C=O) groups excluding carboxylic acids is 1. The Balaban J connectivity index is 1.51. The number of nitrogens with zero attached hydrogens (tertiary/aromatic N) is 3. The van der Waals surface area contributed by atoms with Crippen LogP contribution in [0.15, 0.2) is 53.1 Å². The van der Waals surface area contributed by atoms with Gasteiger partial charge in [-0.2, -0.15) is 16.9 Å². The predicted molar refractivity (Wildman–Crippen MR) is 122 cm³/mol. The maximum atomic E-state index is 13.7. The largest absolute Gasteiger partial charge is 0.463 e. The Morgan fingerprint density at radius 2 is 2.19 bits per heavy atom. The van der Waals surface area contributed by atoms with E-state index in [1.807, 2.05) is 59.1 Å². The van der Waals surface area contributed by atoms with Gasteiger partial charge in [-0.3, -0.25) is 4.79 Å². The Morgan fingerprint density at radius 1 is 1.26 bits per heavy atom.